The van der Waals surface area contributed by atoms with Gasteiger partial charge in [-0.2, -0.15) is 0 Å². The molecule has 0 saturated carbocycles. The quantitative estimate of drug-likeness (QED) is 0.0637. The molecular weight excluding hydrogens is 700 g/mol. The Morgan fingerprint density at radius 3 is 1.77 bits per heavy atom. The molecule has 1 aromatic carbocycles. The van der Waals surface area contributed by atoms with Gasteiger partial charge in [-0.05, 0) is 11.6 Å². The zero-order chi connectivity index (χ0) is 38.4. The van der Waals surface area contributed by atoms with Gasteiger partial charge in [0, 0.05) is 71.5 Å². The van der Waals surface area contributed by atoms with Crippen LogP contribution >= 0.6 is 0 Å². The fraction of sp³-hybridized carbons (Fsp3) is 0.667. The molecule has 22 heteroatoms. The summed E-state index contributed by atoms with van der Waals surface area (Å²) in [6.45, 7) is 0.743. The Labute approximate surface area is 297 Å². The molecule has 0 spiro atoms. The van der Waals surface area contributed by atoms with E-state index >= 15 is 0 Å². The molecule has 2 aliphatic heterocycles. The number of rotatable bonds is 15. The number of nitrogens with one attached hydrogen (secondary N) is 1. The lowest BCUT2D eigenvalue weighted by molar-refractivity contribution is -0.387. The van der Waals surface area contributed by atoms with Crippen molar-refractivity contribution in [3.63, 3.8) is 0 Å². The maximum atomic E-state index is 12.5. The standard InChI is InChI=1S/C30H46N6O16/c37-17-22-26(44)27(45)28(46)29(52-22)51-21-2-1-19(13-20(21)36(48)49)18-50-30(47)31-3-4-32-5-7-33(14-23(38)39)9-11-35(16-25(42)43)12-10-34(8-6-32)15-24(40)41/h1-2,13,22,26-29,37,44-46H,3-12,14-18H2,(H,31,47)(H,38,39)(H,40,41)(H,42,43). The number of hydrogen-bond acceptors (Lipinski definition) is 17. The summed E-state index contributed by atoms with van der Waals surface area (Å²) in [4.78, 5) is 64.7. The lowest BCUT2D eigenvalue weighted by Gasteiger charge is -2.39. The number of amides is 1. The van der Waals surface area contributed by atoms with E-state index in [1.807, 2.05) is 4.90 Å². The van der Waals surface area contributed by atoms with Gasteiger partial charge in [-0.1, -0.05) is 6.07 Å². The first-order valence-corrected chi connectivity index (χ1v) is 16.4. The Balaban J connectivity index is 1.58. The second-order valence-corrected chi connectivity index (χ2v) is 12.2. The molecular formula is C30H46N6O16. The van der Waals surface area contributed by atoms with Gasteiger partial charge >= 0.3 is 29.7 Å². The van der Waals surface area contributed by atoms with Gasteiger partial charge in [0.25, 0.3) is 0 Å². The number of carboxylic acids is 3. The molecule has 0 aromatic heterocycles. The van der Waals surface area contributed by atoms with Crippen molar-refractivity contribution in [3.8, 4) is 5.75 Å². The maximum Gasteiger partial charge on any atom is 0.407 e. The fourth-order valence-corrected chi connectivity index (χ4v) is 5.55. The summed E-state index contributed by atoms with van der Waals surface area (Å²) in [5.41, 5.74) is -0.387. The summed E-state index contributed by atoms with van der Waals surface area (Å²) >= 11 is 0. The zero-order valence-electron chi connectivity index (χ0n) is 28.3. The number of carbonyl (C=O) groups excluding carboxylic acids is 1. The molecule has 2 aliphatic rings. The highest BCUT2D eigenvalue weighted by molar-refractivity contribution is 5.70. The Bertz CT molecular complexity index is 1340. The van der Waals surface area contributed by atoms with Gasteiger partial charge in [0.2, 0.25) is 6.29 Å². The van der Waals surface area contributed by atoms with Crippen molar-refractivity contribution in [1.82, 2.24) is 24.9 Å². The molecule has 3 rings (SSSR count). The van der Waals surface area contributed by atoms with E-state index in [4.69, 9.17) is 14.2 Å². The van der Waals surface area contributed by atoms with Crippen molar-refractivity contribution in [2.75, 3.05) is 91.7 Å². The van der Waals surface area contributed by atoms with Crippen molar-refractivity contribution < 1.29 is 74.1 Å². The first-order chi connectivity index (χ1) is 24.7. The van der Waals surface area contributed by atoms with Crippen LogP contribution in [0.3, 0.4) is 0 Å². The minimum Gasteiger partial charge on any atom is -0.480 e. The van der Waals surface area contributed by atoms with Crippen LogP contribution < -0.4 is 10.1 Å². The van der Waals surface area contributed by atoms with E-state index in [0.717, 1.165) is 12.1 Å². The number of hydrogen-bond donors (Lipinski definition) is 8. The predicted molar refractivity (Wildman–Crippen MR) is 174 cm³/mol. The molecule has 1 aromatic rings. The van der Waals surface area contributed by atoms with Crippen molar-refractivity contribution in [2.45, 2.75) is 37.3 Å². The number of nitrogens with zero attached hydrogens (tertiary/aromatic N) is 5. The predicted octanol–water partition coefficient (Wildman–Crippen LogP) is -3.52. The summed E-state index contributed by atoms with van der Waals surface area (Å²) in [5.74, 6) is -3.53. The molecule has 8 N–H and O–H groups in total. The van der Waals surface area contributed by atoms with Gasteiger partial charge in [0.15, 0.2) is 5.75 Å². The summed E-state index contributed by atoms with van der Waals surface area (Å²) < 4.78 is 15.9. The third-order valence-corrected chi connectivity index (χ3v) is 8.39. The van der Waals surface area contributed by atoms with E-state index in [1.54, 1.807) is 14.7 Å². The number of nitro benzene ring substituents is 1. The SMILES string of the molecule is O=C(O)CN1CCN(CCNC(=O)OCc2ccc(OC3OC(CO)C(O)C(O)C3O)c([N+](=O)[O-])c2)CCN(CC(=O)O)CCN(CC(=O)O)CC1. The molecule has 2 heterocycles. The number of aliphatic hydroxyl groups is 4. The number of nitro groups is 1. The zero-order valence-corrected chi connectivity index (χ0v) is 28.3. The minimum atomic E-state index is -1.80. The van der Waals surface area contributed by atoms with E-state index in [1.165, 1.54) is 6.07 Å². The molecule has 2 fully saturated rings. The number of carboxylic acid groups (broad SMARTS) is 3. The summed E-state index contributed by atoms with van der Waals surface area (Å²) in [6.07, 6.45) is -9.01. The van der Waals surface area contributed by atoms with Crippen LogP contribution in [0.4, 0.5) is 10.5 Å². The van der Waals surface area contributed by atoms with Gasteiger partial charge in [0.05, 0.1) is 31.2 Å². The third-order valence-electron chi connectivity index (χ3n) is 8.39. The number of aliphatic hydroxyl groups excluding tert-OH is 4. The van der Waals surface area contributed by atoms with Crippen molar-refractivity contribution in [3.05, 3.63) is 33.9 Å². The Morgan fingerprint density at radius 1 is 0.808 bits per heavy atom. The minimum absolute atomic E-state index is 0.0785. The van der Waals surface area contributed by atoms with Crippen LogP contribution in [0.2, 0.25) is 0 Å². The molecule has 52 heavy (non-hydrogen) atoms. The first-order valence-electron chi connectivity index (χ1n) is 16.4. The van der Waals surface area contributed by atoms with E-state index in [0.29, 0.717) is 26.2 Å². The Morgan fingerprint density at radius 2 is 1.31 bits per heavy atom. The highest BCUT2D eigenvalue weighted by atomic mass is 16.7. The monoisotopic (exact) mass is 746 g/mol. The number of alkyl carbamates (subject to hydrolysis) is 1. The molecule has 0 aliphatic carbocycles. The van der Waals surface area contributed by atoms with Gasteiger partial charge in [-0.15, -0.1) is 0 Å². The van der Waals surface area contributed by atoms with Crippen molar-refractivity contribution in [2.24, 2.45) is 0 Å². The molecule has 2 saturated heterocycles. The topological polar surface area (TPSA) is 306 Å². The number of aliphatic carboxylic acids is 3. The van der Waals surface area contributed by atoms with Crippen LogP contribution in [-0.2, 0) is 30.5 Å². The fourth-order valence-electron chi connectivity index (χ4n) is 5.55. The summed E-state index contributed by atoms with van der Waals surface area (Å²) in [5, 5.41) is 81.9. The molecule has 0 radical (unpaired) electrons. The van der Waals surface area contributed by atoms with Gasteiger partial charge < -0.3 is 55.3 Å². The van der Waals surface area contributed by atoms with Crippen molar-refractivity contribution >= 4 is 29.7 Å². The van der Waals surface area contributed by atoms with Crippen LogP contribution in [-0.4, -0.2) is 207 Å². The number of carbonyl (C=O) groups is 4. The second-order valence-electron chi connectivity index (χ2n) is 12.2. The Hall–Kier alpha value is -4.26. The summed E-state index contributed by atoms with van der Waals surface area (Å²) in [6, 6.07) is 3.58. The maximum absolute atomic E-state index is 12.5. The highest BCUT2D eigenvalue weighted by Gasteiger charge is 2.45. The summed E-state index contributed by atoms with van der Waals surface area (Å²) in [7, 11) is 0. The average molecular weight is 747 g/mol. The molecule has 0 bridgehead atoms. The van der Waals surface area contributed by atoms with Crippen molar-refractivity contribution in [1.29, 1.82) is 0 Å². The smallest absolute Gasteiger partial charge is 0.407 e. The van der Waals surface area contributed by atoms with Gasteiger partial charge in [-0.25, -0.2) is 4.79 Å². The molecule has 292 valence electrons. The van der Waals surface area contributed by atoms with Crippen LogP contribution in [0.5, 0.6) is 5.75 Å². The van der Waals surface area contributed by atoms with Crippen LogP contribution in [0.25, 0.3) is 0 Å². The largest absolute Gasteiger partial charge is 0.480 e. The van der Waals surface area contributed by atoms with Crippen LogP contribution in [0, 0.1) is 10.1 Å². The molecule has 22 nitrogen and oxygen atoms in total. The lowest BCUT2D eigenvalue weighted by Crippen LogP contribution is -2.60. The number of benzene rings is 1. The molecule has 5 unspecified atom stereocenters. The van der Waals surface area contributed by atoms with Gasteiger partial charge in [-0.3, -0.25) is 44.1 Å². The lowest BCUT2D eigenvalue weighted by atomic mass is 9.99. The van der Waals surface area contributed by atoms with E-state index < -0.39 is 71.9 Å². The molecule has 1 amide bonds. The first kappa shape index (κ1) is 42.2. The molecule has 5 atom stereocenters. The van der Waals surface area contributed by atoms with Crippen LogP contribution in [0.15, 0.2) is 18.2 Å². The van der Waals surface area contributed by atoms with E-state index in [-0.39, 0.29) is 76.8 Å². The third kappa shape index (κ3) is 13.7. The normalized spacial score (nSPS) is 24.6. The number of ether oxygens (including phenoxy) is 3. The van der Waals surface area contributed by atoms with Crippen LogP contribution in [0.1, 0.15) is 5.56 Å². The Kier molecular flexibility index (Phi) is 16.8. The second kappa shape index (κ2) is 20.7. The van der Waals surface area contributed by atoms with E-state index in [9.17, 15) is 65.0 Å². The highest BCUT2D eigenvalue weighted by Crippen LogP contribution is 2.32. The average Bonchev–Trinajstić information content (AvgIpc) is 3.08. The van der Waals surface area contributed by atoms with E-state index in [2.05, 4.69) is 5.32 Å². The van der Waals surface area contributed by atoms with Gasteiger partial charge in [0.1, 0.15) is 31.0 Å².